The summed E-state index contributed by atoms with van der Waals surface area (Å²) in [5.74, 6) is -0.0641. The maximum absolute atomic E-state index is 11.5. The Kier molecular flexibility index (Phi) is 4.55. The number of rotatable bonds is 4. The summed E-state index contributed by atoms with van der Waals surface area (Å²) in [6, 6.07) is 0. The quantitative estimate of drug-likeness (QED) is 0.715. The molecular formula is C9H20O4S. The standard InChI is InChI=1S/C9H20O4S/c1-5-14(12,13)7(6-10)8(11)9(2,3)4/h7-8,10-11H,5-6H2,1-4H3. The summed E-state index contributed by atoms with van der Waals surface area (Å²) >= 11 is 0. The number of hydrogen-bond acceptors (Lipinski definition) is 4. The van der Waals surface area contributed by atoms with Gasteiger partial charge in [0.1, 0.15) is 5.25 Å². The Morgan fingerprint density at radius 3 is 1.93 bits per heavy atom. The Labute approximate surface area is 85.9 Å². The molecule has 0 aromatic carbocycles. The molecule has 0 aliphatic carbocycles. The van der Waals surface area contributed by atoms with Gasteiger partial charge in [0.25, 0.3) is 0 Å². The molecule has 0 spiro atoms. The first kappa shape index (κ1) is 13.9. The summed E-state index contributed by atoms with van der Waals surface area (Å²) in [5, 5.41) is 17.7. The molecule has 14 heavy (non-hydrogen) atoms. The van der Waals surface area contributed by atoms with E-state index in [2.05, 4.69) is 0 Å². The van der Waals surface area contributed by atoms with Crippen LogP contribution in [0.25, 0.3) is 0 Å². The Morgan fingerprint density at radius 2 is 1.71 bits per heavy atom. The van der Waals surface area contributed by atoms with E-state index in [4.69, 9.17) is 5.11 Å². The second-order valence-corrected chi connectivity index (χ2v) is 6.99. The Hall–Kier alpha value is -0.130. The summed E-state index contributed by atoms with van der Waals surface area (Å²) < 4.78 is 23.0. The molecule has 2 atom stereocenters. The summed E-state index contributed by atoms with van der Waals surface area (Å²) in [4.78, 5) is 0. The Morgan fingerprint density at radius 1 is 1.29 bits per heavy atom. The molecule has 2 unspecified atom stereocenters. The zero-order chi connectivity index (χ0) is 11.6. The van der Waals surface area contributed by atoms with Gasteiger partial charge >= 0.3 is 0 Å². The van der Waals surface area contributed by atoms with Crippen LogP contribution in [0.5, 0.6) is 0 Å². The number of aliphatic hydroxyl groups is 2. The zero-order valence-corrected chi connectivity index (χ0v) is 10.0. The van der Waals surface area contributed by atoms with E-state index in [1.54, 1.807) is 20.8 Å². The van der Waals surface area contributed by atoms with Crippen molar-refractivity contribution >= 4 is 9.84 Å². The molecule has 0 heterocycles. The summed E-state index contributed by atoms with van der Waals surface area (Å²) in [6.45, 7) is 6.20. The topological polar surface area (TPSA) is 74.6 Å². The highest BCUT2D eigenvalue weighted by Crippen LogP contribution is 2.25. The van der Waals surface area contributed by atoms with Crippen molar-refractivity contribution in [2.75, 3.05) is 12.4 Å². The minimum atomic E-state index is -3.39. The van der Waals surface area contributed by atoms with Gasteiger partial charge in [-0.05, 0) is 5.41 Å². The Balaban J connectivity index is 4.93. The maximum atomic E-state index is 11.5. The van der Waals surface area contributed by atoms with E-state index in [0.717, 1.165) is 0 Å². The fourth-order valence-electron chi connectivity index (χ4n) is 1.18. The first-order chi connectivity index (χ1) is 6.16. The third-order valence-corrected chi connectivity index (χ3v) is 4.42. The largest absolute Gasteiger partial charge is 0.395 e. The van der Waals surface area contributed by atoms with Crippen LogP contribution in [0.3, 0.4) is 0 Å². The lowest BCUT2D eigenvalue weighted by molar-refractivity contribution is 0.0439. The molecular weight excluding hydrogens is 204 g/mol. The van der Waals surface area contributed by atoms with Crippen molar-refractivity contribution in [3.8, 4) is 0 Å². The molecule has 0 rings (SSSR count). The molecule has 0 radical (unpaired) electrons. The second-order valence-electron chi connectivity index (χ2n) is 4.48. The van der Waals surface area contributed by atoms with Crippen LogP contribution in [0.2, 0.25) is 0 Å². The lowest BCUT2D eigenvalue weighted by Gasteiger charge is -2.31. The van der Waals surface area contributed by atoms with Crippen molar-refractivity contribution in [2.24, 2.45) is 5.41 Å². The first-order valence-corrected chi connectivity index (χ1v) is 6.38. The zero-order valence-electron chi connectivity index (χ0n) is 9.19. The third kappa shape index (κ3) is 3.22. The molecule has 0 aromatic rings. The molecule has 0 saturated heterocycles. The van der Waals surface area contributed by atoms with Gasteiger partial charge in [-0.25, -0.2) is 8.42 Å². The van der Waals surface area contributed by atoms with Crippen LogP contribution in [0, 0.1) is 5.41 Å². The van der Waals surface area contributed by atoms with Gasteiger partial charge in [0, 0.05) is 5.75 Å². The van der Waals surface area contributed by atoms with Crippen molar-refractivity contribution < 1.29 is 18.6 Å². The van der Waals surface area contributed by atoms with E-state index in [0.29, 0.717) is 0 Å². The van der Waals surface area contributed by atoms with Crippen molar-refractivity contribution in [3.63, 3.8) is 0 Å². The van der Waals surface area contributed by atoms with Gasteiger partial charge in [0.2, 0.25) is 0 Å². The average molecular weight is 224 g/mol. The molecule has 0 bridgehead atoms. The average Bonchev–Trinajstić information content (AvgIpc) is 2.03. The molecule has 0 fully saturated rings. The predicted octanol–water partition coefficient (Wildman–Crippen LogP) is 0.189. The lowest BCUT2D eigenvalue weighted by Crippen LogP contribution is -2.45. The van der Waals surface area contributed by atoms with Gasteiger partial charge < -0.3 is 10.2 Å². The normalized spacial score (nSPS) is 17.9. The molecule has 0 aliphatic rings. The van der Waals surface area contributed by atoms with Crippen LogP contribution in [0.1, 0.15) is 27.7 Å². The first-order valence-electron chi connectivity index (χ1n) is 4.67. The predicted molar refractivity (Wildman–Crippen MR) is 55.8 cm³/mol. The number of sulfone groups is 1. The van der Waals surface area contributed by atoms with Gasteiger partial charge in [-0.1, -0.05) is 27.7 Å². The number of aliphatic hydroxyl groups excluding tert-OH is 2. The highest BCUT2D eigenvalue weighted by molar-refractivity contribution is 7.92. The van der Waals surface area contributed by atoms with Crippen LogP contribution in [-0.2, 0) is 9.84 Å². The molecule has 5 heteroatoms. The van der Waals surface area contributed by atoms with Gasteiger partial charge in [-0.15, -0.1) is 0 Å². The van der Waals surface area contributed by atoms with Gasteiger partial charge in [0.05, 0.1) is 12.7 Å². The molecule has 86 valence electrons. The highest BCUT2D eigenvalue weighted by Gasteiger charge is 2.37. The SMILES string of the molecule is CCS(=O)(=O)C(CO)C(O)C(C)(C)C. The highest BCUT2D eigenvalue weighted by atomic mass is 32.2. The molecule has 0 aromatic heterocycles. The van der Waals surface area contributed by atoms with Gasteiger partial charge in [-0.3, -0.25) is 0 Å². The van der Waals surface area contributed by atoms with E-state index in [-0.39, 0.29) is 5.75 Å². The second kappa shape index (κ2) is 4.59. The van der Waals surface area contributed by atoms with Gasteiger partial charge in [-0.2, -0.15) is 0 Å². The summed E-state index contributed by atoms with van der Waals surface area (Å²) in [6.07, 6.45) is -1.04. The van der Waals surface area contributed by atoms with Crippen molar-refractivity contribution in [1.29, 1.82) is 0 Å². The van der Waals surface area contributed by atoms with Crippen molar-refractivity contribution in [3.05, 3.63) is 0 Å². The smallest absolute Gasteiger partial charge is 0.157 e. The van der Waals surface area contributed by atoms with E-state index >= 15 is 0 Å². The fourth-order valence-corrected chi connectivity index (χ4v) is 2.64. The number of hydrogen-bond donors (Lipinski definition) is 2. The molecule has 4 nitrogen and oxygen atoms in total. The minimum Gasteiger partial charge on any atom is -0.395 e. The Bertz CT molecular complexity index is 263. The molecule has 0 aliphatic heterocycles. The van der Waals surface area contributed by atoms with Crippen molar-refractivity contribution in [2.45, 2.75) is 39.0 Å². The molecule has 2 N–H and O–H groups in total. The maximum Gasteiger partial charge on any atom is 0.157 e. The summed E-state index contributed by atoms with van der Waals surface area (Å²) in [7, 11) is -3.39. The van der Waals surface area contributed by atoms with Gasteiger partial charge in [0.15, 0.2) is 9.84 Å². The van der Waals surface area contributed by atoms with Crippen LogP contribution in [0.15, 0.2) is 0 Å². The third-order valence-electron chi connectivity index (χ3n) is 2.28. The van der Waals surface area contributed by atoms with Crippen LogP contribution in [-0.4, -0.2) is 42.3 Å². The van der Waals surface area contributed by atoms with Crippen molar-refractivity contribution in [1.82, 2.24) is 0 Å². The van der Waals surface area contributed by atoms with Crippen LogP contribution >= 0.6 is 0 Å². The monoisotopic (exact) mass is 224 g/mol. The fraction of sp³-hybridized carbons (Fsp3) is 1.00. The summed E-state index contributed by atoms with van der Waals surface area (Å²) in [5.41, 5.74) is -0.546. The van der Waals surface area contributed by atoms with E-state index in [9.17, 15) is 13.5 Å². The molecule has 0 amide bonds. The van der Waals surface area contributed by atoms with Crippen LogP contribution < -0.4 is 0 Å². The molecule has 0 saturated carbocycles. The van der Waals surface area contributed by atoms with E-state index in [1.807, 2.05) is 0 Å². The lowest BCUT2D eigenvalue weighted by atomic mass is 9.87. The van der Waals surface area contributed by atoms with E-state index in [1.165, 1.54) is 6.92 Å². The van der Waals surface area contributed by atoms with E-state index < -0.39 is 33.2 Å². The minimum absolute atomic E-state index is 0.0641. The van der Waals surface area contributed by atoms with Crippen LogP contribution in [0.4, 0.5) is 0 Å².